The highest BCUT2D eigenvalue weighted by molar-refractivity contribution is 6.76. The number of aliphatic hydroxyl groups is 2. The van der Waals surface area contributed by atoms with Gasteiger partial charge >= 0.3 is 11.9 Å². The minimum absolute atomic E-state index is 0.0493. The Kier molecular flexibility index (Phi) is 23.5. The van der Waals surface area contributed by atoms with Crippen molar-refractivity contribution in [3.63, 3.8) is 0 Å². The van der Waals surface area contributed by atoms with Gasteiger partial charge in [0, 0.05) is 22.6 Å². The highest BCUT2D eigenvalue weighted by atomic mass is 28.3. The van der Waals surface area contributed by atoms with Gasteiger partial charge in [0.25, 0.3) is 0 Å². The molecule has 0 aromatic heterocycles. The van der Waals surface area contributed by atoms with Gasteiger partial charge < -0.3 is 48.1 Å². The third-order valence-electron chi connectivity index (χ3n) is 12.9. The molecule has 2 N–H and O–H groups in total. The lowest BCUT2D eigenvalue weighted by atomic mass is 9.93. The van der Waals surface area contributed by atoms with Crippen molar-refractivity contribution in [2.75, 3.05) is 26.9 Å². The van der Waals surface area contributed by atoms with Gasteiger partial charge in [0.1, 0.15) is 24.1 Å². The van der Waals surface area contributed by atoms with Gasteiger partial charge in [-0.3, -0.25) is 0 Å². The first-order chi connectivity index (χ1) is 34.1. The molecule has 4 unspecified atom stereocenters. The summed E-state index contributed by atoms with van der Waals surface area (Å²) in [5.41, 5.74) is 8.60. The Balaban J connectivity index is 0.000000345. The minimum Gasteiger partial charge on any atom is -0.497 e. The van der Waals surface area contributed by atoms with Crippen LogP contribution < -0.4 is 4.74 Å². The summed E-state index contributed by atoms with van der Waals surface area (Å²) < 4.78 is 46.4. The third-order valence-corrected chi connectivity index (χ3v) is 16.3. The third kappa shape index (κ3) is 21.0. The number of rotatable bonds is 23. The molecule has 2 heterocycles. The number of hydrogen-bond donors (Lipinski definition) is 2. The van der Waals surface area contributed by atoms with E-state index in [1.807, 2.05) is 91.8 Å². The molecule has 14 heteroatoms. The molecule has 0 aliphatic carbocycles. The van der Waals surface area contributed by atoms with Crippen molar-refractivity contribution in [2.45, 2.75) is 213 Å². The van der Waals surface area contributed by atoms with E-state index in [0.717, 1.165) is 82.5 Å². The van der Waals surface area contributed by atoms with Gasteiger partial charge in [-0.15, -0.1) is 0 Å². The minimum atomic E-state index is -1.30. The summed E-state index contributed by atoms with van der Waals surface area (Å²) in [6, 6.07) is 17.9. The first-order valence-electron chi connectivity index (χ1n) is 26.4. The zero-order chi connectivity index (χ0) is 54.3. The quantitative estimate of drug-likeness (QED) is 0.0529. The van der Waals surface area contributed by atoms with Crippen molar-refractivity contribution in [1.82, 2.24) is 0 Å². The molecular weight excluding hydrogens is 957 g/mol. The standard InChI is InChI=1S/C36H52O7Si.C23H38O5Si/c1-25-22-26(2)33(35(38)40-20-21-44(7,8)9)29(23-25)13-11-15-32-34(43-36(4,5)42-32)31(37)14-10-12-27(3)41-24-28-16-18-30(39-6)19-17-28;1-16-13-17(2)21(22(25)26-11-12-29(5,6)7)18(14-16)9-8-10-19-20(15-24)28-23(3,4)27-19/h16-19,22-23,27,31-32,34,37H,11-13,15,20-21,24H2,1-9H3;13-14,19-20,24H,8-12,15H2,1-7H3/t27?,31?,32-,34?;19-,20?/m00/s1. The summed E-state index contributed by atoms with van der Waals surface area (Å²) >= 11 is 0. The van der Waals surface area contributed by atoms with E-state index >= 15 is 0 Å². The van der Waals surface area contributed by atoms with E-state index in [2.05, 4.69) is 70.2 Å². The molecule has 0 bridgehead atoms. The van der Waals surface area contributed by atoms with Crippen LogP contribution in [0.15, 0.2) is 48.5 Å². The van der Waals surface area contributed by atoms with E-state index in [0.29, 0.717) is 50.2 Å². The second-order valence-corrected chi connectivity index (χ2v) is 34.6. The van der Waals surface area contributed by atoms with Crippen LogP contribution in [0.4, 0.5) is 0 Å². The zero-order valence-electron chi connectivity index (χ0n) is 47.3. The Hall–Kier alpha value is -3.89. The van der Waals surface area contributed by atoms with E-state index in [-0.39, 0.29) is 43.0 Å². The van der Waals surface area contributed by atoms with Crippen molar-refractivity contribution in [3.8, 4) is 17.6 Å². The van der Waals surface area contributed by atoms with Crippen LogP contribution in [0.25, 0.3) is 0 Å². The smallest absolute Gasteiger partial charge is 0.338 e. The SMILES string of the molecule is COc1ccc(COC(C)CC#CC(O)C2OC(C)(C)O[C@H]2CCCc2cc(C)cc(C)c2C(=O)OCC[Si](C)(C)C)cc1.Cc1cc(C)c(C(=O)OCC[Si](C)(C)C)c(CCC[C@@H]2OC(C)(C)OC2CO)c1. The molecule has 2 aliphatic rings. The van der Waals surface area contributed by atoms with Crippen molar-refractivity contribution >= 4 is 28.1 Å². The maximum Gasteiger partial charge on any atom is 0.338 e. The molecule has 406 valence electrons. The summed E-state index contributed by atoms with van der Waals surface area (Å²) in [5, 5.41) is 20.5. The molecule has 3 aromatic carbocycles. The summed E-state index contributed by atoms with van der Waals surface area (Å²) in [5.74, 6) is 4.89. The molecule has 12 nitrogen and oxygen atoms in total. The van der Waals surface area contributed by atoms with Crippen LogP contribution in [0.2, 0.25) is 51.4 Å². The van der Waals surface area contributed by atoms with Gasteiger partial charge in [0.2, 0.25) is 0 Å². The molecule has 2 fully saturated rings. The monoisotopic (exact) mass is 1050 g/mol. The maximum atomic E-state index is 13.1. The second-order valence-electron chi connectivity index (χ2n) is 23.4. The van der Waals surface area contributed by atoms with Crippen LogP contribution in [0, 0.1) is 39.5 Å². The Labute approximate surface area is 440 Å². The number of aliphatic hydroxyl groups excluding tert-OH is 2. The fraction of sp³-hybridized carbons (Fsp3) is 0.627. The van der Waals surface area contributed by atoms with Crippen LogP contribution in [-0.2, 0) is 52.6 Å². The summed E-state index contributed by atoms with van der Waals surface area (Å²) in [6.07, 6.45) is 2.56. The van der Waals surface area contributed by atoms with Crippen LogP contribution >= 0.6 is 0 Å². The number of carbonyl (C=O) groups excluding carboxylic acids is 2. The highest BCUT2D eigenvalue weighted by Gasteiger charge is 2.44. The molecule has 73 heavy (non-hydrogen) atoms. The highest BCUT2D eigenvalue weighted by Crippen LogP contribution is 2.34. The first-order valence-corrected chi connectivity index (χ1v) is 33.8. The number of carbonyl (C=O) groups is 2. The topological polar surface area (TPSA) is 148 Å². The Morgan fingerprint density at radius 2 is 1.16 bits per heavy atom. The van der Waals surface area contributed by atoms with Crippen molar-refractivity contribution in [1.29, 1.82) is 0 Å². The van der Waals surface area contributed by atoms with Gasteiger partial charge in [-0.25, -0.2) is 9.59 Å². The summed E-state index contributed by atoms with van der Waals surface area (Å²) in [7, 11) is -0.901. The lowest BCUT2D eigenvalue weighted by Crippen LogP contribution is -2.34. The Morgan fingerprint density at radius 3 is 1.64 bits per heavy atom. The maximum absolute atomic E-state index is 13.1. The number of ether oxygens (including phenoxy) is 8. The number of benzene rings is 3. The average molecular weight is 1050 g/mol. The van der Waals surface area contributed by atoms with E-state index in [4.69, 9.17) is 37.9 Å². The Morgan fingerprint density at radius 1 is 0.699 bits per heavy atom. The number of esters is 2. The molecule has 0 radical (unpaired) electrons. The number of aryl methyl sites for hydroxylation is 6. The van der Waals surface area contributed by atoms with Crippen molar-refractivity contribution in [2.24, 2.45) is 0 Å². The lowest BCUT2D eigenvalue weighted by Gasteiger charge is -2.20. The van der Waals surface area contributed by atoms with Gasteiger partial charge in [-0.05, 0) is 153 Å². The fourth-order valence-corrected chi connectivity index (χ4v) is 10.6. The summed E-state index contributed by atoms with van der Waals surface area (Å²) in [4.78, 5) is 25.9. The predicted molar refractivity (Wildman–Crippen MR) is 295 cm³/mol. The van der Waals surface area contributed by atoms with Crippen LogP contribution in [0.5, 0.6) is 5.75 Å². The van der Waals surface area contributed by atoms with E-state index < -0.39 is 39.9 Å². The van der Waals surface area contributed by atoms with Crippen molar-refractivity contribution in [3.05, 3.63) is 98.6 Å². The number of methoxy groups -OCH3 is 1. The Bertz CT molecular complexity index is 2300. The molecule has 0 amide bonds. The van der Waals surface area contributed by atoms with E-state index in [1.54, 1.807) is 7.11 Å². The van der Waals surface area contributed by atoms with E-state index in [1.165, 1.54) is 0 Å². The van der Waals surface area contributed by atoms with E-state index in [9.17, 15) is 19.8 Å². The van der Waals surface area contributed by atoms with Crippen molar-refractivity contribution < 1.29 is 57.7 Å². The van der Waals surface area contributed by atoms with Gasteiger partial charge in [-0.1, -0.05) is 98.6 Å². The van der Waals surface area contributed by atoms with Crippen LogP contribution in [0.3, 0.4) is 0 Å². The molecular formula is C59H90O12Si2. The largest absolute Gasteiger partial charge is 0.497 e. The molecule has 2 saturated heterocycles. The first kappa shape index (κ1) is 61.7. The summed E-state index contributed by atoms with van der Waals surface area (Å²) in [6.45, 7) is 32.5. The lowest BCUT2D eigenvalue weighted by molar-refractivity contribution is -0.152. The predicted octanol–water partition coefficient (Wildman–Crippen LogP) is 11.6. The molecule has 2 aliphatic heterocycles. The molecule has 3 aromatic rings. The second kappa shape index (κ2) is 27.8. The molecule has 0 saturated carbocycles. The molecule has 6 atom stereocenters. The van der Waals surface area contributed by atoms with Gasteiger partial charge in [0.05, 0.1) is 63.0 Å². The van der Waals surface area contributed by atoms with Crippen LogP contribution in [0.1, 0.15) is 126 Å². The number of hydrogen-bond acceptors (Lipinski definition) is 12. The fourth-order valence-electron chi connectivity index (χ4n) is 9.19. The molecule has 0 spiro atoms. The molecule has 5 rings (SSSR count). The average Bonchev–Trinajstić information content (AvgIpc) is 3.76. The van der Waals surface area contributed by atoms with Gasteiger partial charge in [-0.2, -0.15) is 0 Å². The van der Waals surface area contributed by atoms with Crippen LogP contribution in [-0.4, -0.2) is 113 Å². The van der Waals surface area contributed by atoms with Gasteiger partial charge in [0.15, 0.2) is 11.6 Å². The zero-order valence-corrected chi connectivity index (χ0v) is 49.3. The normalized spacial score (nSPS) is 20.0.